The Balaban J connectivity index is 1.54. The zero-order chi connectivity index (χ0) is 17.2. The van der Waals surface area contributed by atoms with E-state index in [1.807, 2.05) is 4.90 Å². The molecule has 2 aromatic heterocycles. The molecule has 1 N–H and O–H groups in total. The fraction of sp³-hybridized carbons (Fsp3) is 0.429. The lowest BCUT2D eigenvalue weighted by atomic mass is 10.2. The lowest BCUT2D eigenvalue weighted by molar-refractivity contribution is -0.137. The Morgan fingerprint density at radius 1 is 1.38 bits per heavy atom. The standard InChI is InChI=1S/C14H15F3N6O/c15-14(16,17)10-1-2-12(19-5-10)22-4-3-11(6-22)21-13(24)7-23-9-18-8-20-23/h1-2,5,8-9,11H,3-4,6-7H2,(H,21,24). The number of rotatable bonds is 4. The highest BCUT2D eigenvalue weighted by Gasteiger charge is 2.31. The van der Waals surface area contributed by atoms with Crippen LogP contribution in [-0.2, 0) is 17.5 Å². The summed E-state index contributed by atoms with van der Waals surface area (Å²) in [4.78, 5) is 21.4. The van der Waals surface area contributed by atoms with E-state index in [0.717, 1.165) is 12.3 Å². The summed E-state index contributed by atoms with van der Waals surface area (Å²) in [6.07, 6.45) is -0.0698. The van der Waals surface area contributed by atoms with Crippen LogP contribution in [0.15, 0.2) is 31.0 Å². The smallest absolute Gasteiger partial charge is 0.354 e. The van der Waals surface area contributed by atoms with Gasteiger partial charge < -0.3 is 10.2 Å². The van der Waals surface area contributed by atoms with Crippen molar-refractivity contribution in [3.05, 3.63) is 36.5 Å². The van der Waals surface area contributed by atoms with Gasteiger partial charge in [0.25, 0.3) is 0 Å². The predicted molar refractivity (Wildman–Crippen MR) is 78.0 cm³/mol. The molecule has 7 nitrogen and oxygen atoms in total. The molecule has 3 rings (SSSR count). The number of pyridine rings is 1. The molecule has 1 aliphatic rings. The van der Waals surface area contributed by atoms with Gasteiger partial charge in [0.15, 0.2) is 0 Å². The van der Waals surface area contributed by atoms with Crippen molar-refractivity contribution in [1.29, 1.82) is 0 Å². The Morgan fingerprint density at radius 2 is 2.21 bits per heavy atom. The number of anilines is 1. The number of aromatic nitrogens is 4. The maximum Gasteiger partial charge on any atom is 0.417 e. The van der Waals surface area contributed by atoms with E-state index in [9.17, 15) is 18.0 Å². The van der Waals surface area contributed by atoms with E-state index < -0.39 is 11.7 Å². The number of carbonyl (C=O) groups excluding carboxylic acids is 1. The number of hydrogen-bond acceptors (Lipinski definition) is 5. The van der Waals surface area contributed by atoms with Crippen LogP contribution in [0.2, 0.25) is 0 Å². The molecule has 3 heterocycles. The fourth-order valence-corrected chi connectivity index (χ4v) is 2.56. The van der Waals surface area contributed by atoms with Gasteiger partial charge in [-0.15, -0.1) is 0 Å². The average molecular weight is 340 g/mol. The van der Waals surface area contributed by atoms with Crippen LogP contribution in [0.5, 0.6) is 0 Å². The highest BCUT2D eigenvalue weighted by atomic mass is 19.4. The van der Waals surface area contributed by atoms with Crippen molar-refractivity contribution < 1.29 is 18.0 Å². The van der Waals surface area contributed by atoms with Gasteiger partial charge >= 0.3 is 6.18 Å². The van der Waals surface area contributed by atoms with Crippen LogP contribution in [0, 0.1) is 0 Å². The van der Waals surface area contributed by atoms with E-state index in [4.69, 9.17) is 0 Å². The molecule has 1 amide bonds. The minimum absolute atomic E-state index is 0.0784. The van der Waals surface area contributed by atoms with Gasteiger partial charge in [0.05, 0.1) is 5.56 Å². The number of amides is 1. The number of nitrogens with one attached hydrogen (secondary N) is 1. The predicted octanol–water partition coefficient (Wildman–Crippen LogP) is 1.09. The van der Waals surface area contributed by atoms with Gasteiger partial charge in [0.2, 0.25) is 5.91 Å². The molecule has 1 fully saturated rings. The van der Waals surface area contributed by atoms with Crippen molar-refractivity contribution in [2.75, 3.05) is 18.0 Å². The number of hydrogen-bond donors (Lipinski definition) is 1. The van der Waals surface area contributed by atoms with Crippen molar-refractivity contribution in [2.24, 2.45) is 0 Å². The van der Waals surface area contributed by atoms with Crippen molar-refractivity contribution in [3.63, 3.8) is 0 Å². The molecule has 0 spiro atoms. The van der Waals surface area contributed by atoms with Crippen LogP contribution in [-0.4, -0.2) is 44.8 Å². The van der Waals surface area contributed by atoms with Crippen LogP contribution in [0.3, 0.4) is 0 Å². The molecule has 1 saturated heterocycles. The summed E-state index contributed by atoms with van der Waals surface area (Å²) in [5, 5.41) is 6.73. The fourth-order valence-electron chi connectivity index (χ4n) is 2.56. The topological polar surface area (TPSA) is 75.9 Å². The average Bonchev–Trinajstić information content (AvgIpc) is 3.18. The Hall–Kier alpha value is -2.65. The largest absolute Gasteiger partial charge is 0.417 e. The number of carbonyl (C=O) groups is 1. The molecule has 0 aliphatic carbocycles. The molecular formula is C14H15F3N6O. The molecular weight excluding hydrogens is 325 g/mol. The highest BCUT2D eigenvalue weighted by molar-refractivity contribution is 5.76. The second-order valence-corrected chi connectivity index (χ2v) is 5.50. The van der Waals surface area contributed by atoms with Gasteiger partial charge in [-0.05, 0) is 18.6 Å². The van der Waals surface area contributed by atoms with Crippen molar-refractivity contribution in [3.8, 4) is 0 Å². The molecule has 2 aromatic rings. The summed E-state index contributed by atoms with van der Waals surface area (Å²) in [6, 6.07) is 2.28. The summed E-state index contributed by atoms with van der Waals surface area (Å²) in [7, 11) is 0. The third-order valence-corrected chi connectivity index (χ3v) is 3.72. The first-order chi connectivity index (χ1) is 11.4. The number of alkyl halides is 3. The second kappa shape index (κ2) is 6.46. The molecule has 24 heavy (non-hydrogen) atoms. The van der Waals surface area contributed by atoms with Crippen LogP contribution in [0.25, 0.3) is 0 Å². The summed E-state index contributed by atoms with van der Waals surface area (Å²) >= 11 is 0. The lowest BCUT2D eigenvalue weighted by Crippen LogP contribution is -2.39. The third-order valence-electron chi connectivity index (χ3n) is 3.72. The van der Waals surface area contributed by atoms with E-state index in [-0.39, 0.29) is 18.5 Å². The summed E-state index contributed by atoms with van der Waals surface area (Å²) in [5.41, 5.74) is -0.775. The van der Waals surface area contributed by atoms with Crippen LogP contribution >= 0.6 is 0 Å². The third kappa shape index (κ3) is 3.81. The van der Waals surface area contributed by atoms with Gasteiger partial charge in [-0.3, -0.25) is 4.79 Å². The Morgan fingerprint density at radius 3 is 2.83 bits per heavy atom. The first-order valence-electron chi connectivity index (χ1n) is 7.32. The van der Waals surface area contributed by atoms with E-state index in [1.54, 1.807) is 0 Å². The molecule has 0 saturated carbocycles. The maximum atomic E-state index is 12.5. The molecule has 0 aromatic carbocycles. The first kappa shape index (κ1) is 16.2. The molecule has 1 unspecified atom stereocenters. The monoisotopic (exact) mass is 340 g/mol. The SMILES string of the molecule is O=C(Cn1cncn1)NC1CCN(c2ccc(C(F)(F)F)cn2)C1. The maximum absolute atomic E-state index is 12.5. The molecule has 1 aliphatic heterocycles. The molecule has 0 bridgehead atoms. The van der Waals surface area contributed by atoms with Gasteiger partial charge in [-0.25, -0.2) is 14.6 Å². The van der Waals surface area contributed by atoms with Crippen LogP contribution in [0.1, 0.15) is 12.0 Å². The summed E-state index contributed by atoms with van der Waals surface area (Å²) in [6.45, 7) is 1.20. The van der Waals surface area contributed by atoms with Gasteiger partial charge in [-0.2, -0.15) is 18.3 Å². The minimum Gasteiger partial charge on any atom is -0.354 e. The van der Waals surface area contributed by atoms with E-state index in [0.29, 0.717) is 25.3 Å². The van der Waals surface area contributed by atoms with Crippen molar-refractivity contribution >= 4 is 11.7 Å². The van der Waals surface area contributed by atoms with E-state index in [2.05, 4.69) is 20.4 Å². The van der Waals surface area contributed by atoms with Crippen molar-refractivity contribution in [2.45, 2.75) is 25.2 Å². The van der Waals surface area contributed by atoms with Crippen LogP contribution < -0.4 is 10.2 Å². The summed E-state index contributed by atoms with van der Waals surface area (Å²) < 4.78 is 39.1. The summed E-state index contributed by atoms with van der Waals surface area (Å²) in [5.74, 6) is 0.281. The number of nitrogens with zero attached hydrogens (tertiary/aromatic N) is 5. The lowest BCUT2D eigenvalue weighted by Gasteiger charge is -2.18. The normalized spacial score (nSPS) is 18.0. The first-order valence-corrected chi connectivity index (χ1v) is 7.32. The van der Waals surface area contributed by atoms with E-state index >= 15 is 0 Å². The van der Waals surface area contributed by atoms with Gasteiger partial charge in [0.1, 0.15) is 25.0 Å². The Bertz CT molecular complexity index is 686. The van der Waals surface area contributed by atoms with Crippen molar-refractivity contribution in [1.82, 2.24) is 25.1 Å². The highest BCUT2D eigenvalue weighted by Crippen LogP contribution is 2.29. The van der Waals surface area contributed by atoms with Gasteiger partial charge in [0, 0.05) is 25.3 Å². The molecule has 10 heteroatoms. The van der Waals surface area contributed by atoms with Gasteiger partial charge in [-0.1, -0.05) is 0 Å². The zero-order valence-electron chi connectivity index (χ0n) is 12.6. The zero-order valence-corrected chi connectivity index (χ0v) is 12.6. The molecule has 128 valence electrons. The Labute approximate surface area is 135 Å². The molecule has 1 atom stereocenters. The minimum atomic E-state index is -4.39. The quantitative estimate of drug-likeness (QED) is 0.902. The second-order valence-electron chi connectivity index (χ2n) is 5.50. The van der Waals surface area contributed by atoms with E-state index in [1.165, 1.54) is 23.4 Å². The molecule has 0 radical (unpaired) electrons. The Kier molecular flexibility index (Phi) is 4.36. The number of halogens is 3. The van der Waals surface area contributed by atoms with Crippen LogP contribution in [0.4, 0.5) is 19.0 Å².